The van der Waals surface area contributed by atoms with Crippen LogP contribution in [-0.2, 0) is 17.9 Å². The van der Waals surface area contributed by atoms with Gasteiger partial charge in [0.15, 0.2) is 0 Å². The summed E-state index contributed by atoms with van der Waals surface area (Å²) in [5.74, 6) is 0.977. The number of nitrogens with zero attached hydrogens (tertiary/aromatic N) is 3. The molecule has 0 atom stereocenters. The molecule has 16 heavy (non-hydrogen) atoms. The van der Waals surface area contributed by atoms with E-state index in [0.717, 1.165) is 12.4 Å². The number of carbonyl (C=O) groups is 1. The van der Waals surface area contributed by atoms with E-state index in [0.29, 0.717) is 26.1 Å². The SMILES string of the molecule is CCNC(=O)CCNCc1ncnn1CC. The molecule has 6 nitrogen and oxygen atoms in total. The molecule has 0 aliphatic heterocycles. The number of aryl methyl sites for hydroxylation is 1. The molecule has 2 N–H and O–H groups in total. The van der Waals surface area contributed by atoms with Crippen molar-refractivity contribution < 1.29 is 4.79 Å². The summed E-state index contributed by atoms with van der Waals surface area (Å²) in [6.07, 6.45) is 2.04. The van der Waals surface area contributed by atoms with Gasteiger partial charge >= 0.3 is 0 Å². The van der Waals surface area contributed by atoms with Crippen LogP contribution >= 0.6 is 0 Å². The van der Waals surface area contributed by atoms with E-state index in [-0.39, 0.29) is 5.91 Å². The summed E-state index contributed by atoms with van der Waals surface area (Å²) in [5, 5.41) is 9.98. The van der Waals surface area contributed by atoms with Crippen LogP contribution in [0.3, 0.4) is 0 Å². The molecular weight excluding hydrogens is 206 g/mol. The van der Waals surface area contributed by atoms with E-state index in [1.165, 1.54) is 0 Å². The van der Waals surface area contributed by atoms with Gasteiger partial charge in [0.2, 0.25) is 5.91 Å². The van der Waals surface area contributed by atoms with Gasteiger partial charge in [0.25, 0.3) is 0 Å². The summed E-state index contributed by atoms with van der Waals surface area (Å²) >= 11 is 0. The molecule has 0 fully saturated rings. The number of hydrogen-bond donors (Lipinski definition) is 2. The third kappa shape index (κ3) is 3.98. The maximum Gasteiger partial charge on any atom is 0.221 e. The fraction of sp³-hybridized carbons (Fsp3) is 0.700. The largest absolute Gasteiger partial charge is 0.356 e. The molecular formula is C10H19N5O. The molecule has 6 heteroatoms. The second kappa shape index (κ2) is 6.95. The normalized spacial score (nSPS) is 10.4. The second-order valence-corrected chi connectivity index (χ2v) is 3.37. The lowest BCUT2D eigenvalue weighted by Crippen LogP contribution is -2.27. The molecule has 1 aromatic heterocycles. The zero-order valence-corrected chi connectivity index (χ0v) is 9.86. The maximum atomic E-state index is 11.1. The highest BCUT2D eigenvalue weighted by molar-refractivity contribution is 5.75. The van der Waals surface area contributed by atoms with Crippen molar-refractivity contribution >= 4 is 5.91 Å². The third-order valence-corrected chi connectivity index (χ3v) is 2.18. The third-order valence-electron chi connectivity index (χ3n) is 2.18. The number of rotatable bonds is 7. The summed E-state index contributed by atoms with van der Waals surface area (Å²) in [4.78, 5) is 15.3. The molecule has 0 spiro atoms. The van der Waals surface area contributed by atoms with Crippen molar-refractivity contribution in [2.75, 3.05) is 13.1 Å². The van der Waals surface area contributed by atoms with Crippen molar-refractivity contribution in [1.29, 1.82) is 0 Å². The molecule has 0 saturated heterocycles. The molecule has 1 heterocycles. The van der Waals surface area contributed by atoms with E-state index in [1.54, 1.807) is 6.33 Å². The van der Waals surface area contributed by atoms with E-state index >= 15 is 0 Å². The summed E-state index contributed by atoms with van der Waals surface area (Å²) in [7, 11) is 0. The van der Waals surface area contributed by atoms with Crippen LogP contribution in [0.15, 0.2) is 6.33 Å². The number of aromatic nitrogens is 3. The lowest BCUT2D eigenvalue weighted by atomic mass is 10.4. The van der Waals surface area contributed by atoms with Crippen LogP contribution in [-0.4, -0.2) is 33.8 Å². The highest BCUT2D eigenvalue weighted by Gasteiger charge is 2.02. The average molecular weight is 225 g/mol. The Morgan fingerprint density at radius 3 is 3.00 bits per heavy atom. The minimum Gasteiger partial charge on any atom is -0.356 e. The lowest BCUT2D eigenvalue weighted by Gasteiger charge is -2.05. The number of carbonyl (C=O) groups excluding carboxylic acids is 1. The first-order valence-corrected chi connectivity index (χ1v) is 5.62. The first-order valence-electron chi connectivity index (χ1n) is 5.62. The smallest absolute Gasteiger partial charge is 0.221 e. The van der Waals surface area contributed by atoms with Gasteiger partial charge in [-0.15, -0.1) is 0 Å². The Labute approximate surface area is 95.4 Å². The Morgan fingerprint density at radius 1 is 1.50 bits per heavy atom. The molecule has 90 valence electrons. The molecule has 1 aromatic rings. The van der Waals surface area contributed by atoms with Crippen molar-refractivity contribution in [2.24, 2.45) is 0 Å². The van der Waals surface area contributed by atoms with Gasteiger partial charge in [-0.25, -0.2) is 9.67 Å². The Morgan fingerprint density at radius 2 is 2.31 bits per heavy atom. The van der Waals surface area contributed by atoms with Crippen LogP contribution in [0.2, 0.25) is 0 Å². The highest BCUT2D eigenvalue weighted by atomic mass is 16.1. The molecule has 0 saturated carbocycles. The lowest BCUT2D eigenvalue weighted by molar-refractivity contribution is -0.120. The quantitative estimate of drug-likeness (QED) is 0.636. The predicted molar refractivity (Wildman–Crippen MR) is 60.7 cm³/mol. The van der Waals surface area contributed by atoms with Crippen LogP contribution in [0, 0.1) is 0 Å². The van der Waals surface area contributed by atoms with Gasteiger partial charge < -0.3 is 10.6 Å². The fourth-order valence-corrected chi connectivity index (χ4v) is 1.38. The minimum absolute atomic E-state index is 0.0759. The van der Waals surface area contributed by atoms with Gasteiger partial charge in [-0.1, -0.05) is 0 Å². The zero-order valence-electron chi connectivity index (χ0n) is 9.86. The number of nitrogens with one attached hydrogen (secondary N) is 2. The topological polar surface area (TPSA) is 71.8 Å². The van der Waals surface area contributed by atoms with Crippen LogP contribution in [0.1, 0.15) is 26.1 Å². The number of hydrogen-bond acceptors (Lipinski definition) is 4. The van der Waals surface area contributed by atoms with Crippen molar-refractivity contribution in [2.45, 2.75) is 33.4 Å². The van der Waals surface area contributed by atoms with E-state index in [2.05, 4.69) is 20.7 Å². The van der Waals surface area contributed by atoms with E-state index in [9.17, 15) is 4.79 Å². The Kier molecular flexibility index (Phi) is 5.49. The summed E-state index contributed by atoms with van der Waals surface area (Å²) < 4.78 is 1.83. The highest BCUT2D eigenvalue weighted by Crippen LogP contribution is 1.92. The average Bonchev–Trinajstić information content (AvgIpc) is 2.72. The van der Waals surface area contributed by atoms with Gasteiger partial charge in [-0.3, -0.25) is 4.79 Å². The molecule has 0 aromatic carbocycles. The number of amides is 1. The summed E-state index contributed by atoms with van der Waals surface area (Å²) in [6.45, 7) is 6.73. The van der Waals surface area contributed by atoms with Gasteiger partial charge in [-0.2, -0.15) is 5.10 Å². The monoisotopic (exact) mass is 225 g/mol. The summed E-state index contributed by atoms with van der Waals surface area (Å²) in [6, 6.07) is 0. The standard InChI is InChI=1S/C10H19N5O/c1-3-12-10(16)5-6-11-7-9-13-8-14-15(9)4-2/h8,11H,3-7H2,1-2H3,(H,12,16). The molecule has 0 aliphatic carbocycles. The predicted octanol–water partition coefficient (Wildman–Crippen LogP) is -0.0862. The Balaban J connectivity index is 2.18. The van der Waals surface area contributed by atoms with Gasteiger partial charge in [0, 0.05) is 26.1 Å². The van der Waals surface area contributed by atoms with Crippen LogP contribution < -0.4 is 10.6 Å². The van der Waals surface area contributed by atoms with E-state index < -0.39 is 0 Å². The molecule has 0 unspecified atom stereocenters. The molecule has 0 bridgehead atoms. The Bertz CT molecular complexity index is 323. The molecule has 0 radical (unpaired) electrons. The molecule has 1 rings (SSSR count). The second-order valence-electron chi connectivity index (χ2n) is 3.37. The molecule has 1 amide bonds. The van der Waals surface area contributed by atoms with Crippen molar-refractivity contribution in [3.05, 3.63) is 12.2 Å². The van der Waals surface area contributed by atoms with Crippen molar-refractivity contribution in [1.82, 2.24) is 25.4 Å². The van der Waals surface area contributed by atoms with Crippen LogP contribution in [0.25, 0.3) is 0 Å². The van der Waals surface area contributed by atoms with Crippen molar-refractivity contribution in [3.63, 3.8) is 0 Å². The van der Waals surface area contributed by atoms with Gasteiger partial charge in [0.05, 0.1) is 6.54 Å². The van der Waals surface area contributed by atoms with E-state index in [1.807, 2.05) is 18.5 Å². The maximum absolute atomic E-state index is 11.1. The minimum atomic E-state index is 0.0759. The first kappa shape index (κ1) is 12.6. The molecule has 0 aliphatic rings. The Hall–Kier alpha value is -1.43. The summed E-state index contributed by atoms with van der Waals surface area (Å²) in [5.41, 5.74) is 0. The zero-order chi connectivity index (χ0) is 11.8. The van der Waals surface area contributed by atoms with Gasteiger partial charge in [0.1, 0.15) is 12.2 Å². The van der Waals surface area contributed by atoms with Gasteiger partial charge in [-0.05, 0) is 13.8 Å². The fourth-order valence-electron chi connectivity index (χ4n) is 1.38. The van der Waals surface area contributed by atoms with Crippen LogP contribution in [0.4, 0.5) is 0 Å². The van der Waals surface area contributed by atoms with Crippen molar-refractivity contribution in [3.8, 4) is 0 Å². The van der Waals surface area contributed by atoms with Crippen LogP contribution in [0.5, 0.6) is 0 Å². The first-order chi connectivity index (χ1) is 7.77. The van der Waals surface area contributed by atoms with E-state index in [4.69, 9.17) is 0 Å².